The van der Waals surface area contributed by atoms with E-state index in [1.165, 1.54) is 18.4 Å². The van der Waals surface area contributed by atoms with Crippen LogP contribution in [-0.4, -0.2) is 16.4 Å². The van der Waals surface area contributed by atoms with Crippen molar-refractivity contribution in [2.75, 3.05) is 0 Å². The molecule has 1 aromatic carbocycles. The minimum Gasteiger partial charge on any atom is -0.466 e. The molecule has 25 heavy (non-hydrogen) atoms. The summed E-state index contributed by atoms with van der Waals surface area (Å²) in [6, 6.07) is 10.5. The number of hydrazone groups is 1. The second-order valence-corrected chi connectivity index (χ2v) is 8.42. The Kier molecular flexibility index (Phi) is 3.49. The number of halogens is 1. The first-order chi connectivity index (χ1) is 12.1. The number of nitrogens with zero attached hydrogens (tertiary/aromatic N) is 2. The van der Waals surface area contributed by atoms with E-state index in [4.69, 9.17) is 14.3 Å². The van der Waals surface area contributed by atoms with Crippen LogP contribution in [0.3, 0.4) is 0 Å². The Morgan fingerprint density at radius 3 is 2.84 bits per heavy atom. The second-order valence-electron chi connectivity index (χ2n) is 7.50. The van der Waals surface area contributed by atoms with E-state index in [9.17, 15) is 0 Å². The first-order valence-corrected chi connectivity index (χ1v) is 9.83. The minimum absolute atomic E-state index is 0.217. The van der Waals surface area contributed by atoms with Gasteiger partial charge >= 0.3 is 0 Å². The third-order valence-electron chi connectivity index (χ3n) is 5.82. The Bertz CT molecular complexity index is 822. The Labute approximate surface area is 156 Å². The molecule has 0 unspecified atom stereocenters. The van der Waals surface area contributed by atoms with Crippen molar-refractivity contribution in [3.63, 3.8) is 0 Å². The number of furan rings is 1. The topological polar surface area (TPSA) is 38.0 Å². The van der Waals surface area contributed by atoms with E-state index in [0.717, 1.165) is 46.9 Å². The van der Waals surface area contributed by atoms with Crippen molar-refractivity contribution in [3.8, 4) is 5.75 Å². The van der Waals surface area contributed by atoms with E-state index >= 15 is 0 Å². The van der Waals surface area contributed by atoms with Crippen LogP contribution in [0.5, 0.6) is 5.75 Å². The van der Waals surface area contributed by atoms with Crippen molar-refractivity contribution >= 4 is 21.6 Å². The lowest BCUT2D eigenvalue weighted by atomic mass is 9.82. The van der Waals surface area contributed by atoms with Crippen LogP contribution in [0.2, 0.25) is 0 Å². The zero-order valence-electron chi connectivity index (χ0n) is 14.2. The fourth-order valence-electron chi connectivity index (χ4n) is 4.39. The summed E-state index contributed by atoms with van der Waals surface area (Å²) in [5.74, 6) is 2.63. The van der Waals surface area contributed by atoms with Gasteiger partial charge in [0.25, 0.3) is 0 Å². The number of fused-ring (bicyclic) bond motifs is 4. The van der Waals surface area contributed by atoms with Gasteiger partial charge in [0.05, 0.1) is 12.3 Å². The Hall–Kier alpha value is -1.75. The van der Waals surface area contributed by atoms with Gasteiger partial charge in [0.15, 0.2) is 5.72 Å². The molecule has 0 amide bonds. The van der Waals surface area contributed by atoms with Gasteiger partial charge in [-0.2, -0.15) is 5.10 Å². The van der Waals surface area contributed by atoms with Crippen molar-refractivity contribution in [2.24, 2.45) is 11.0 Å². The van der Waals surface area contributed by atoms with Crippen LogP contribution < -0.4 is 4.74 Å². The summed E-state index contributed by atoms with van der Waals surface area (Å²) in [7, 11) is 0. The highest BCUT2D eigenvalue weighted by Crippen LogP contribution is 2.52. The molecule has 4 nitrogen and oxygen atoms in total. The summed E-state index contributed by atoms with van der Waals surface area (Å²) in [6.07, 6.45) is 6.98. The molecule has 5 heteroatoms. The maximum Gasteiger partial charge on any atom is 0.198 e. The second kappa shape index (κ2) is 5.63. The highest BCUT2D eigenvalue weighted by Gasteiger charge is 2.51. The lowest BCUT2D eigenvalue weighted by Crippen LogP contribution is -2.55. The number of hydrogen-bond donors (Lipinski definition) is 0. The van der Waals surface area contributed by atoms with Gasteiger partial charge in [-0.25, -0.2) is 5.01 Å². The highest BCUT2D eigenvalue weighted by molar-refractivity contribution is 9.10. The molecule has 1 fully saturated rings. The van der Waals surface area contributed by atoms with Crippen LogP contribution in [0, 0.1) is 5.92 Å². The Balaban J connectivity index is 1.60. The quantitative estimate of drug-likeness (QED) is 0.634. The van der Waals surface area contributed by atoms with Gasteiger partial charge in [-0.1, -0.05) is 22.9 Å². The van der Waals surface area contributed by atoms with Gasteiger partial charge in [0.2, 0.25) is 0 Å². The lowest BCUT2D eigenvalue weighted by molar-refractivity contribution is -0.145. The van der Waals surface area contributed by atoms with Crippen molar-refractivity contribution in [2.45, 2.75) is 50.8 Å². The summed E-state index contributed by atoms with van der Waals surface area (Å²) in [5, 5.41) is 7.24. The molecule has 130 valence electrons. The average Bonchev–Trinajstić information content (AvgIpc) is 3.28. The maximum absolute atomic E-state index is 6.61. The molecule has 1 atom stereocenters. The fourth-order valence-corrected chi connectivity index (χ4v) is 4.77. The zero-order valence-corrected chi connectivity index (χ0v) is 15.8. The minimum atomic E-state index is -0.313. The summed E-state index contributed by atoms with van der Waals surface area (Å²) in [5.41, 5.74) is 1.92. The van der Waals surface area contributed by atoms with Gasteiger partial charge in [0.1, 0.15) is 17.2 Å². The maximum atomic E-state index is 6.61. The summed E-state index contributed by atoms with van der Waals surface area (Å²) in [6.45, 7) is 2.33. The SMILES string of the molecule is CC1CCC2(CC1)Oc1ccc(Br)cc1[C@H]1CC(c3ccco3)=NN12. The van der Waals surface area contributed by atoms with E-state index in [0.29, 0.717) is 0 Å². The van der Waals surface area contributed by atoms with Crippen LogP contribution in [0.1, 0.15) is 56.4 Å². The Morgan fingerprint density at radius 1 is 1.24 bits per heavy atom. The molecule has 1 aromatic heterocycles. The van der Waals surface area contributed by atoms with Crippen LogP contribution >= 0.6 is 15.9 Å². The third kappa shape index (κ3) is 2.43. The molecule has 2 aromatic rings. The monoisotopic (exact) mass is 400 g/mol. The average molecular weight is 401 g/mol. The molecule has 3 heterocycles. The van der Waals surface area contributed by atoms with E-state index < -0.39 is 0 Å². The van der Waals surface area contributed by atoms with Gasteiger partial charge in [-0.3, -0.25) is 0 Å². The fraction of sp³-hybridized carbons (Fsp3) is 0.450. The molecule has 3 aliphatic rings. The van der Waals surface area contributed by atoms with E-state index in [1.807, 2.05) is 12.1 Å². The van der Waals surface area contributed by atoms with E-state index in [1.54, 1.807) is 6.26 Å². The Morgan fingerprint density at radius 2 is 2.08 bits per heavy atom. The lowest BCUT2D eigenvalue weighted by Gasteiger charge is -2.50. The first kappa shape index (κ1) is 15.5. The molecular weight excluding hydrogens is 380 g/mol. The normalized spacial score (nSPS) is 30.6. The number of benzene rings is 1. The molecule has 1 aliphatic carbocycles. The summed E-state index contributed by atoms with van der Waals surface area (Å²) < 4.78 is 13.3. The van der Waals surface area contributed by atoms with Gasteiger partial charge in [-0.15, -0.1) is 0 Å². The molecule has 5 rings (SSSR count). The molecule has 1 spiro atoms. The molecular formula is C20H21BrN2O2. The van der Waals surface area contributed by atoms with E-state index in [-0.39, 0.29) is 11.8 Å². The first-order valence-electron chi connectivity index (χ1n) is 9.04. The van der Waals surface area contributed by atoms with E-state index in [2.05, 4.69) is 46.1 Å². The number of hydrogen-bond acceptors (Lipinski definition) is 4. The van der Waals surface area contributed by atoms with Crippen LogP contribution in [0.15, 0.2) is 50.6 Å². The van der Waals surface area contributed by atoms with Crippen molar-refractivity contribution in [3.05, 3.63) is 52.4 Å². The largest absolute Gasteiger partial charge is 0.466 e. The summed E-state index contributed by atoms with van der Waals surface area (Å²) in [4.78, 5) is 0. The number of rotatable bonds is 1. The molecule has 0 saturated heterocycles. The predicted octanol–water partition coefficient (Wildman–Crippen LogP) is 5.49. The van der Waals surface area contributed by atoms with Crippen LogP contribution in [-0.2, 0) is 0 Å². The molecule has 0 radical (unpaired) electrons. The summed E-state index contributed by atoms with van der Waals surface area (Å²) >= 11 is 3.61. The zero-order chi connectivity index (χ0) is 17.0. The third-order valence-corrected chi connectivity index (χ3v) is 6.31. The molecule has 0 bridgehead atoms. The smallest absolute Gasteiger partial charge is 0.198 e. The van der Waals surface area contributed by atoms with Crippen molar-refractivity contribution in [1.82, 2.24) is 5.01 Å². The van der Waals surface area contributed by atoms with Gasteiger partial charge in [-0.05, 0) is 49.1 Å². The highest BCUT2D eigenvalue weighted by atomic mass is 79.9. The standard InChI is InChI=1S/C20H21BrN2O2/c1-13-6-8-20(9-7-13)23-17(12-16(22-23)19-3-2-10-24-19)15-11-14(21)4-5-18(15)25-20/h2-5,10-11,13,17H,6-9,12H2,1H3/t13?,17-,20?/m1/s1. The van der Waals surface area contributed by atoms with Crippen molar-refractivity contribution < 1.29 is 9.15 Å². The van der Waals surface area contributed by atoms with Crippen LogP contribution in [0.4, 0.5) is 0 Å². The molecule has 2 aliphatic heterocycles. The number of ether oxygens (including phenoxy) is 1. The molecule has 1 saturated carbocycles. The van der Waals surface area contributed by atoms with Crippen molar-refractivity contribution in [1.29, 1.82) is 0 Å². The molecule has 0 N–H and O–H groups in total. The van der Waals surface area contributed by atoms with Crippen LogP contribution in [0.25, 0.3) is 0 Å². The van der Waals surface area contributed by atoms with Gasteiger partial charge in [0, 0.05) is 29.3 Å². The predicted molar refractivity (Wildman–Crippen MR) is 99.6 cm³/mol. The van der Waals surface area contributed by atoms with Gasteiger partial charge < -0.3 is 9.15 Å².